The van der Waals surface area contributed by atoms with Gasteiger partial charge in [0.15, 0.2) is 0 Å². The van der Waals surface area contributed by atoms with Crippen molar-refractivity contribution < 1.29 is 14.6 Å². The maximum absolute atomic E-state index is 9.26. The van der Waals surface area contributed by atoms with Gasteiger partial charge in [0.2, 0.25) is 5.88 Å². The number of fused-ring (bicyclic) bond motifs is 1. The number of rotatable bonds is 9. The van der Waals surface area contributed by atoms with Crippen LogP contribution in [0.3, 0.4) is 0 Å². The number of methoxy groups -OCH3 is 2. The fourth-order valence-electron chi connectivity index (χ4n) is 3.08. The van der Waals surface area contributed by atoms with Crippen LogP contribution in [0, 0.1) is 0 Å². The second kappa shape index (κ2) is 13.5. The van der Waals surface area contributed by atoms with E-state index in [0.29, 0.717) is 19.0 Å². The Morgan fingerprint density at radius 3 is 2.29 bits per heavy atom. The third-order valence-corrected chi connectivity index (χ3v) is 5.73. The Morgan fingerprint density at radius 1 is 0.943 bits per heavy atom. The van der Waals surface area contributed by atoms with Crippen molar-refractivity contribution in [3.05, 3.63) is 78.6 Å². The van der Waals surface area contributed by atoms with Crippen molar-refractivity contribution in [3.8, 4) is 11.6 Å². The lowest BCUT2D eigenvalue weighted by molar-refractivity contribution is 0.200. The van der Waals surface area contributed by atoms with Gasteiger partial charge in [-0.2, -0.15) is 0 Å². The zero-order valence-electron chi connectivity index (χ0n) is 20.1. The largest absolute Gasteiger partial charge is 0.497 e. The minimum atomic E-state index is -0.361. The first-order valence-electron chi connectivity index (χ1n) is 11.1. The van der Waals surface area contributed by atoms with Crippen molar-refractivity contribution >= 4 is 34.2 Å². The molecule has 2 heterocycles. The summed E-state index contributed by atoms with van der Waals surface area (Å²) in [4.78, 5) is 9.62. The molecule has 0 fully saturated rings. The van der Waals surface area contributed by atoms with Gasteiger partial charge in [0.1, 0.15) is 11.3 Å². The first-order valence-corrected chi connectivity index (χ1v) is 11.9. The number of nitrogens with one attached hydrogen (secondary N) is 2. The van der Waals surface area contributed by atoms with Gasteiger partial charge in [0.25, 0.3) is 0 Å². The number of benzene rings is 2. The highest BCUT2D eigenvalue weighted by molar-refractivity contribution is 7.97. The number of aliphatic hydroxyl groups is 1. The third kappa shape index (κ3) is 7.83. The summed E-state index contributed by atoms with van der Waals surface area (Å²) in [6.45, 7) is 2.89. The van der Waals surface area contributed by atoms with Crippen molar-refractivity contribution in [2.24, 2.45) is 5.73 Å². The molecule has 0 saturated carbocycles. The van der Waals surface area contributed by atoms with Crippen molar-refractivity contribution in [1.29, 1.82) is 0 Å². The van der Waals surface area contributed by atoms with Gasteiger partial charge in [-0.3, -0.25) is 9.71 Å². The summed E-state index contributed by atoms with van der Waals surface area (Å²) in [7, 11) is 3.24. The Kier molecular flexibility index (Phi) is 10.1. The molecule has 5 N–H and O–H groups in total. The van der Waals surface area contributed by atoms with Crippen LogP contribution in [0.1, 0.15) is 12.5 Å². The SMILES string of the molecule is COc1ccc(CN)cc1.COc1nccc2c(Nc3ccc(SNCC(C)O)cc3)ccnc12. The zero-order valence-corrected chi connectivity index (χ0v) is 20.9. The lowest BCUT2D eigenvalue weighted by atomic mass is 10.2. The summed E-state index contributed by atoms with van der Waals surface area (Å²) < 4.78 is 13.4. The molecule has 9 heteroatoms. The second-order valence-corrected chi connectivity index (χ2v) is 8.54. The van der Waals surface area contributed by atoms with Crippen LogP contribution in [0.25, 0.3) is 10.9 Å². The first-order chi connectivity index (χ1) is 17.0. The minimum absolute atomic E-state index is 0.361. The van der Waals surface area contributed by atoms with Gasteiger partial charge in [0.05, 0.1) is 20.3 Å². The molecule has 2 aromatic carbocycles. The molecule has 184 valence electrons. The van der Waals surface area contributed by atoms with E-state index in [1.54, 1.807) is 33.5 Å². The summed E-state index contributed by atoms with van der Waals surface area (Å²) in [5, 5.41) is 13.6. The van der Waals surface area contributed by atoms with E-state index in [1.165, 1.54) is 11.9 Å². The van der Waals surface area contributed by atoms with E-state index >= 15 is 0 Å². The third-order valence-electron chi connectivity index (χ3n) is 4.92. The number of hydrogen-bond donors (Lipinski definition) is 4. The predicted octanol–water partition coefficient (Wildman–Crippen LogP) is 4.51. The normalized spacial score (nSPS) is 11.3. The Balaban J connectivity index is 0.000000287. The molecule has 0 saturated heterocycles. The van der Waals surface area contributed by atoms with Crippen LogP contribution >= 0.6 is 11.9 Å². The molecule has 4 rings (SSSR count). The van der Waals surface area contributed by atoms with E-state index in [9.17, 15) is 5.11 Å². The summed E-state index contributed by atoms with van der Waals surface area (Å²) in [6, 6.07) is 19.6. The van der Waals surface area contributed by atoms with E-state index in [0.717, 1.165) is 38.5 Å². The highest BCUT2D eigenvalue weighted by atomic mass is 32.2. The minimum Gasteiger partial charge on any atom is -0.497 e. The van der Waals surface area contributed by atoms with Crippen molar-refractivity contribution in [3.63, 3.8) is 0 Å². The van der Waals surface area contributed by atoms with E-state index in [2.05, 4.69) is 20.0 Å². The number of ether oxygens (including phenoxy) is 2. The quantitative estimate of drug-likeness (QED) is 0.250. The van der Waals surface area contributed by atoms with Gasteiger partial charge in [-0.1, -0.05) is 12.1 Å². The fourth-order valence-corrected chi connectivity index (χ4v) is 3.84. The standard InChI is InChI=1S/C18H20N4O2S.C8H11NO/c1-12(23)11-21-25-14-5-3-13(4-6-14)22-16-8-10-19-17-15(16)7-9-20-18(17)24-2;1-10-8-4-2-7(6-9)3-5-8/h3-10,12,21,23H,11H2,1-2H3,(H,19,22);2-5H,6,9H2,1H3. The average Bonchev–Trinajstić information content (AvgIpc) is 2.90. The van der Waals surface area contributed by atoms with Gasteiger partial charge in [-0.05, 0) is 73.0 Å². The van der Waals surface area contributed by atoms with Gasteiger partial charge in [0, 0.05) is 47.1 Å². The van der Waals surface area contributed by atoms with Crippen LogP contribution in [0.2, 0.25) is 0 Å². The maximum Gasteiger partial charge on any atom is 0.240 e. The van der Waals surface area contributed by atoms with E-state index in [1.807, 2.05) is 60.7 Å². The molecule has 35 heavy (non-hydrogen) atoms. The predicted molar refractivity (Wildman–Crippen MR) is 142 cm³/mol. The summed E-state index contributed by atoms with van der Waals surface area (Å²) in [5.41, 5.74) is 9.17. The molecule has 1 atom stereocenters. The van der Waals surface area contributed by atoms with Crippen LogP contribution < -0.4 is 25.2 Å². The Labute approximate surface area is 210 Å². The monoisotopic (exact) mass is 493 g/mol. The molecule has 0 bridgehead atoms. The Bertz CT molecular complexity index is 1160. The average molecular weight is 494 g/mol. The molecular formula is C26H31N5O3S. The van der Waals surface area contributed by atoms with Gasteiger partial charge in [-0.15, -0.1) is 0 Å². The van der Waals surface area contributed by atoms with Crippen LogP contribution in [0.5, 0.6) is 11.6 Å². The molecule has 2 aromatic heterocycles. The van der Waals surface area contributed by atoms with Crippen molar-refractivity contribution in [1.82, 2.24) is 14.7 Å². The summed E-state index contributed by atoms with van der Waals surface area (Å²) >= 11 is 1.50. The Hall–Kier alpha value is -3.37. The number of hydrogen-bond acceptors (Lipinski definition) is 9. The zero-order chi connectivity index (χ0) is 25.0. The number of pyridine rings is 2. The number of nitrogens with zero attached hydrogens (tertiary/aromatic N) is 2. The van der Waals surface area contributed by atoms with Gasteiger partial charge >= 0.3 is 0 Å². The van der Waals surface area contributed by atoms with E-state index < -0.39 is 0 Å². The molecule has 0 spiro atoms. The number of aliphatic hydroxyl groups excluding tert-OH is 1. The maximum atomic E-state index is 9.26. The molecule has 1 unspecified atom stereocenters. The number of aromatic nitrogens is 2. The van der Waals surface area contributed by atoms with Gasteiger partial charge < -0.3 is 25.6 Å². The van der Waals surface area contributed by atoms with E-state index in [-0.39, 0.29) is 6.10 Å². The van der Waals surface area contributed by atoms with Gasteiger partial charge in [-0.25, -0.2) is 4.98 Å². The molecule has 0 aliphatic carbocycles. The molecule has 0 radical (unpaired) electrons. The molecular weight excluding hydrogens is 462 g/mol. The highest BCUT2D eigenvalue weighted by Gasteiger charge is 2.08. The molecule has 0 amide bonds. The second-order valence-electron chi connectivity index (χ2n) is 7.58. The molecule has 0 aliphatic rings. The first kappa shape index (κ1) is 26.2. The molecule has 0 aliphatic heterocycles. The number of nitrogens with two attached hydrogens (primary N) is 1. The molecule has 4 aromatic rings. The van der Waals surface area contributed by atoms with Crippen LogP contribution in [-0.2, 0) is 6.54 Å². The fraction of sp³-hybridized carbons (Fsp3) is 0.231. The summed E-state index contributed by atoms with van der Waals surface area (Å²) in [5.74, 6) is 1.38. The van der Waals surface area contributed by atoms with E-state index in [4.69, 9.17) is 15.2 Å². The van der Waals surface area contributed by atoms with Crippen LogP contribution in [-0.4, -0.2) is 41.9 Å². The lowest BCUT2D eigenvalue weighted by Gasteiger charge is -2.11. The van der Waals surface area contributed by atoms with Crippen LogP contribution in [0.15, 0.2) is 78.0 Å². The highest BCUT2D eigenvalue weighted by Crippen LogP contribution is 2.29. The smallest absolute Gasteiger partial charge is 0.240 e. The lowest BCUT2D eigenvalue weighted by Crippen LogP contribution is -2.18. The Morgan fingerprint density at radius 2 is 1.66 bits per heavy atom. The van der Waals surface area contributed by atoms with Crippen LogP contribution in [0.4, 0.5) is 11.4 Å². The summed E-state index contributed by atoms with van der Waals surface area (Å²) in [6.07, 6.45) is 3.08. The van der Waals surface area contributed by atoms with Crippen molar-refractivity contribution in [2.45, 2.75) is 24.5 Å². The van der Waals surface area contributed by atoms with Crippen molar-refractivity contribution in [2.75, 3.05) is 26.1 Å². The topological polar surface area (TPSA) is 115 Å². The molecule has 8 nitrogen and oxygen atoms in total. The number of anilines is 2.